The second kappa shape index (κ2) is 9.66. The van der Waals surface area contributed by atoms with Crippen molar-refractivity contribution < 1.29 is 66.1 Å². The van der Waals surface area contributed by atoms with Gasteiger partial charge in [-0.1, -0.05) is 23.7 Å². The maximum absolute atomic E-state index is 11.9. The third kappa shape index (κ3) is 5.66. The first-order chi connectivity index (χ1) is 10.1. The molecule has 0 aliphatic heterocycles. The van der Waals surface area contributed by atoms with Gasteiger partial charge in [-0.2, -0.15) is 0 Å². The number of aromatic nitrogens is 1. The first-order valence-corrected chi connectivity index (χ1v) is 7.13. The number of nitrogens with one attached hydrogen (secondary N) is 1. The standard InChI is InChI=1S/C14H11ClN2O3S.K/c15-10-5-1-2-6-11(10)17-8-12(18)21-13-9(14(19)20)4-3-7-16-13;/h1-7,17H,8H2,(H,19,20);/q;+1/p-1. The molecule has 8 heteroatoms. The summed E-state index contributed by atoms with van der Waals surface area (Å²) in [6, 6.07) is 9.84. The third-order valence-electron chi connectivity index (χ3n) is 2.50. The van der Waals surface area contributed by atoms with Crippen LogP contribution in [-0.2, 0) is 4.79 Å². The van der Waals surface area contributed by atoms with E-state index in [1.54, 1.807) is 24.3 Å². The van der Waals surface area contributed by atoms with E-state index in [1.807, 2.05) is 0 Å². The number of thioether (sulfide) groups is 1. The summed E-state index contributed by atoms with van der Waals surface area (Å²) in [6.07, 6.45) is 1.42. The van der Waals surface area contributed by atoms with E-state index in [0.29, 0.717) is 10.7 Å². The van der Waals surface area contributed by atoms with Crippen molar-refractivity contribution in [2.45, 2.75) is 5.03 Å². The quantitative estimate of drug-likeness (QED) is 0.534. The largest absolute Gasteiger partial charge is 1.00 e. The first-order valence-electron chi connectivity index (χ1n) is 5.93. The van der Waals surface area contributed by atoms with Gasteiger partial charge in [0, 0.05) is 11.8 Å². The molecule has 0 unspecified atom stereocenters. The van der Waals surface area contributed by atoms with Crippen LogP contribution in [0.25, 0.3) is 0 Å². The summed E-state index contributed by atoms with van der Waals surface area (Å²) in [5.74, 6) is -1.36. The van der Waals surface area contributed by atoms with Crippen LogP contribution in [0.4, 0.5) is 5.69 Å². The van der Waals surface area contributed by atoms with E-state index < -0.39 is 5.97 Å². The van der Waals surface area contributed by atoms with E-state index in [-0.39, 0.29) is 73.6 Å². The molecule has 0 radical (unpaired) electrons. The number of benzene rings is 1. The summed E-state index contributed by atoms with van der Waals surface area (Å²) in [5.41, 5.74) is 0.530. The number of anilines is 1. The number of para-hydroxylation sites is 1. The number of pyridine rings is 1. The van der Waals surface area contributed by atoms with Crippen LogP contribution >= 0.6 is 23.4 Å². The normalized spacial score (nSPS) is 9.68. The molecule has 1 aromatic heterocycles. The van der Waals surface area contributed by atoms with Gasteiger partial charge in [0.2, 0.25) is 5.12 Å². The van der Waals surface area contributed by atoms with Crippen molar-refractivity contribution in [3.8, 4) is 0 Å². The molecule has 0 saturated heterocycles. The number of carboxylic acids is 1. The summed E-state index contributed by atoms with van der Waals surface area (Å²) in [7, 11) is 0. The Bertz CT molecular complexity index is 685. The van der Waals surface area contributed by atoms with Crippen LogP contribution in [0.1, 0.15) is 10.4 Å². The van der Waals surface area contributed by atoms with Gasteiger partial charge in [-0.3, -0.25) is 4.79 Å². The minimum absolute atomic E-state index is 0. The van der Waals surface area contributed by atoms with Gasteiger partial charge >= 0.3 is 51.4 Å². The average molecular weight is 361 g/mol. The zero-order valence-corrected chi connectivity index (χ0v) is 16.4. The summed E-state index contributed by atoms with van der Waals surface area (Å²) >= 11 is 6.70. The van der Waals surface area contributed by atoms with Crippen molar-refractivity contribution in [3.63, 3.8) is 0 Å². The van der Waals surface area contributed by atoms with Crippen molar-refractivity contribution in [1.82, 2.24) is 4.98 Å². The van der Waals surface area contributed by atoms with E-state index in [2.05, 4.69) is 10.3 Å². The number of hydrogen-bond acceptors (Lipinski definition) is 6. The summed E-state index contributed by atoms with van der Waals surface area (Å²) in [4.78, 5) is 26.7. The zero-order chi connectivity index (χ0) is 15.2. The molecule has 0 aliphatic rings. The number of carbonyl (C=O) groups is 2. The van der Waals surface area contributed by atoms with Crippen molar-refractivity contribution in [1.29, 1.82) is 0 Å². The minimum Gasteiger partial charge on any atom is -0.545 e. The molecular weight excluding hydrogens is 351 g/mol. The topological polar surface area (TPSA) is 82.1 Å². The first kappa shape index (κ1) is 19.6. The van der Waals surface area contributed by atoms with E-state index in [0.717, 1.165) is 11.8 Å². The van der Waals surface area contributed by atoms with Gasteiger partial charge in [-0.05, 0) is 36.0 Å². The van der Waals surface area contributed by atoms with E-state index >= 15 is 0 Å². The van der Waals surface area contributed by atoms with Crippen LogP contribution in [0.3, 0.4) is 0 Å². The third-order valence-corrected chi connectivity index (χ3v) is 3.72. The van der Waals surface area contributed by atoms with Crippen LogP contribution in [0, 0.1) is 0 Å². The molecule has 0 aliphatic carbocycles. The molecule has 1 N–H and O–H groups in total. The molecule has 2 aromatic rings. The molecule has 5 nitrogen and oxygen atoms in total. The Morgan fingerprint density at radius 2 is 1.95 bits per heavy atom. The molecule has 1 heterocycles. The number of halogens is 1. The predicted molar refractivity (Wildman–Crippen MR) is 79.4 cm³/mol. The van der Waals surface area contributed by atoms with Gasteiger partial charge in [0.05, 0.1) is 23.2 Å². The number of carboxylic acid groups (broad SMARTS) is 1. The SMILES string of the molecule is O=C(CNc1ccccc1Cl)Sc1ncccc1C(=O)[O-].[K+]. The van der Waals surface area contributed by atoms with Crippen molar-refractivity contribution >= 4 is 40.1 Å². The van der Waals surface area contributed by atoms with Gasteiger partial charge in [0.25, 0.3) is 0 Å². The van der Waals surface area contributed by atoms with E-state index in [1.165, 1.54) is 18.3 Å². The molecule has 0 fully saturated rings. The summed E-state index contributed by atoms with van der Waals surface area (Å²) in [6.45, 7) is -0.00252. The van der Waals surface area contributed by atoms with Gasteiger partial charge in [-0.15, -0.1) is 0 Å². The van der Waals surface area contributed by atoms with Gasteiger partial charge in [-0.25, -0.2) is 4.98 Å². The molecule has 0 atom stereocenters. The molecule has 0 amide bonds. The maximum Gasteiger partial charge on any atom is 1.00 e. The maximum atomic E-state index is 11.9. The smallest absolute Gasteiger partial charge is 0.545 e. The van der Waals surface area contributed by atoms with Crippen molar-refractivity contribution in [2.24, 2.45) is 0 Å². The fourth-order valence-corrected chi connectivity index (χ4v) is 2.48. The molecule has 108 valence electrons. The minimum atomic E-state index is -1.36. The molecule has 1 aromatic carbocycles. The van der Waals surface area contributed by atoms with Crippen LogP contribution in [-0.4, -0.2) is 22.6 Å². The fraction of sp³-hybridized carbons (Fsp3) is 0.0714. The Kier molecular flexibility index (Phi) is 8.62. The number of aromatic carboxylic acids is 1. The van der Waals surface area contributed by atoms with Crippen molar-refractivity contribution in [2.75, 3.05) is 11.9 Å². The van der Waals surface area contributed by atoms with Crippen LogP contribution in [0.5, 0.6) is 0 Å². The fourth-order valence-electron chi connectivity index (χ4n) is 1.54. The van der Waals surface area contributed by atoms with Crippen LogP contribution in [0.15, 0.2) is 47.6 Å². The molecule has 0 bridgehead atoms. The monoisotopic (exact) mass is 360 g/mol. The van der Waals surface area contributed by atoms with Crippen LogP contribution in [0.2, 0.25) is 5.02 Å². The summed E-state index contributed by atoms with van der Waals surface area (Å²) < 4.78 is 0. The van der Waals surface area contributed by atoms with Crippen molar-refractivity contribution in [3.05, 3.63) is 53.2 Å². The second-order valence-corrected chi connectivity index (χ2v) is 5.40. The number of nitrogens with zero attached hydrogens (tertiary/aromatic N) is 1. The van der Waals surface area contributed by atoms with Gasteiger partial charge in [0.15, 0.2) is 0 Å². The van der Waals surface area contributed by atoms with Gasteiger partial charge < -0.3 is 15.2 Å². The summed E-state index contributed by atoms with van der Waals surface area (Å²) in [5, 5.41) is 14.1. The zero-order valence-electron chi connectivity index (χ0n) is 11.7. The molecule has 22 heavy (non-hydrogen) atoms. The Morgan fingerprint density at radius 3 is 2.64 bits per heavy atom. The van der Waals surface area contributed by atoms with Gasteiger partial charge in [0.1, 0.15) is 5.03 Å². The molecule has 0 spiro atoms. The second-order valence-electron chi connectivity index (χ2n) is 3.95. The Labute approximate surface area is 179 Å². The Hall–Kier alpha value is -0.414. The number of hydrogen-bond donors (Lipinski definition) is 1. The number of rotatable bonds is 5. The van der Waals surface area contributed by atoms with E-state index in [9.17, 15) is 14.7 Å². The van der Waals surface area contributed by atoms with Crippen LogP contribution < -0.4 is 61.8 Å². The predicted octanol–water partition coefficient (Wildman–Crippen LogP) is -1.17. The Morgan fingerprint density at radius 1 is 1.23 bits per heavy atom. The molecule has 0 saturated carbocycles. The van der Waals surface area contributed by atoms with E-state index in [4.69, 9.17) is 11.6 Å². The average Bonchev–Trinajstić information content (AvgIpc) is 2.47. The Balaban J connectivity index is 0.00000242. The molecule has 2 rings (SSSR count). The number of carbonyl (C=O) groups excluding carboxylic acids is 2. The molecular formula is C14H10ClKN2O3S.